The number of carbonyl (C=O) groups is 1. The number of esters is 1. The standard InChI is InChI=1S/C16H12FN3O2S/c1-10-13(23-15(20-10)14-18-7-2-8-19-14)16(21)22-9-11-3-5-12(17)6-4-11/h2-8H,9H2,1H3. The highest BCUT2D eigenvalue weighted by Crippen LogP contribution is 2.26. The maximum atomic E-state index is 12.8. The van der Waals surface area contributed by atoms with Crippen molar-refractivity contribution in [2.24, 2.45) is 0 Å². The van der Waals surface area contributed by atoms with Gasteiger partial charge in [-0.15, -0.1) is 11.3 Å². The maximum absolute atomic E-state index is 12.8. The first-order valence-corrected chi connectivity index (χ1v) is 7.61. The second-order valence-electron chi connectivity index (χ2n) is 4.71. The summed E-state index contributed by atoms with van der Waals surface area (Å²) in [6.45, 7) is 1.81. The summed E-state index contributed by atoms with van der Waals surface area (Å²) < 4.78 is 18.1. The summed E-state index contributed by atoms with van der Waals surface area (Å²) in [6.07, 6.45) is 3.23. The number of hydrogen-bond donors (Lipinski definition) is 0. The van der Waals surface area contributed by atoms with E-state index in [9.17, 15) is 9.18 Å². The average Bonchev–Trinajstić information content (AvgIpc) is 2.97. The summed E-state index contributed by atoms with van der Waals surface area (Å²) in [5.41, 5.74) is 1.29. The molecule has 2 heterocycles. The minimum Gasteiger partial charge on any atom is -0.457 e. The van der Waals surface area contributed by atoms with Crippen molar-refractivity contribution in [2.45, 2.75) is 13.5 Å². The van der Waals surface area contributed by atoms with E-state index >= 15 is 0 Å². The molecule has 116 valence electrons. The Morgan fingerprint density at radius 1 is 1.22 bits per heavy atom. The molecule has 0 saturated heterocycles. The number of ether oxygens (including phenoxy) is 1. The molecule has 0 bridgehead atoms. The largest absolute Gasteiger partial charge is 0.457 e. The molecule has 5 nitrogen and oxygen atoms in total. The van der Waals surface area contributed by atoms with Gasteiger partial charge in [0.15, 0.2) is 10.8 Å². The van der Waals surface area contributed by atoms with E-state index in [2.05, 4.69) is 15.0 Å². The van der Waals surface area contributed by atoms with Crippen LogP contribution in [-0.4, -0.2) is 20.9 Å². The quantitative estimate of drug-likeness (QED) is 0.686. The summed E-state index contributed by atoms with van der Waals surface area (Å²) in [5.74, 6) is -0.324. The fourth-order valence-electron chi connectivity index (χ4n) is 1.89. The lowest BCUT2D eigenvalue weighted by Crippen LogP contribution is -2.04. The third kappa shape index (κ3) is 3.57. The Labute approximate surface area is 135 Å². The highest BCUT2D eigenvalue weighted by atomic mass is 32.1. The minimum absolute atomic E-state index is 0.0770. The van der Waals surface area contributed by atoms with Crippen LogP contribution in [-0.2, 0) is 11.3 Å². The van der Waals surface area contributed by atoms with Gasteiger partial charge in [-0.1, -0.05) is 12.1 Å². The topological polar surface area (TPSA) is 65.0 Å². The van der Waals surface area contributed by atoms with Gasteiger partial charge in [-0.3, -0.25) is 0 Å². The van der Waals surface area contributed by atoms with Crippen molar-refractivity contribution < 1.29 is 13.9 Å². The number of aromatic nitrogens is 3. The first-order chi connectivity index (χ1) is 11.1. The molecule has 0 amide bonds. The molecule has 0 N–H and O–H groups in total. The van der Waals surface area contributed by atoms with Gasteiger partial charge in [0.05, 0.1) is 5.69 Å². The van der Waals surface area contributed by atoms with Gasteiger partial charge in [-0.05, 0) is 30.7 Å². The molecule has 2 aromatic heterocycles. The van der Waals surface area contributed by atoms with Crippen LogP contribution in [0.25, 0.3) is 10.8 Å². The summed E-state index contributed by atoms with van der Waals surface area (Å²) >= 11 is 1.19. The molecule has 0 fully saturated rings. The molecule has 0 aliphatic carbocycles. The second kappa shape index (κ2) is 6.62. The lowest BCUT2D eigenvalue weighted by Gasteiger charge is -2.03. The monoisotopic (exact) mass is 329 g/mol. The molecule has 3 aromatic rings. The normalized spacial score (nSPS) is 10.5. The fourth-order valence-corrected chi connectivity index (χ4v) is 2.79. The zero-order valence-electron chi connectivity index (χ0n) is 12.2. The number of thiazole rings is 1. The van der Waals surface area contributed by atoms with E-state index in [1.165, 1.54) is 23.5 Å². The Morgan fingerprint density at radius 2 is 1.91 bits per heavy atom. The Balaban J connectivity index is 1.72. The van der Waals surface area contributed by atoms with E-state index in [4.69, 9.17) is 4.74 Å². The molecular weight excluding hydrogens is 317 g/mol. The maximum Gasteiger partial charge on any atom is 0.350 e. The van der Waals surface area contributed by atoms with Gasteiger partial charge in [-0.25, -0.2) is 24.1 Å². The Morgan fingerprint density at radius 3 is 2.61 bits per heavy atom. The Kier molecular flexibility index (Phi) is 4.38. The van der Waals surface area contributed by atoms with Crippen molar-refractivity contribution >= 4 is 17.3 Å². The molecule has 7 heteroatoms. The molecule has 1 aromatic carbocycles. The molecule has 0 radical (unpaired) electrons. The van der Waals surface area contributed by atoms with E-state index in [-0.39, 0.29) is 12.4 Å². The van der Waals surface area contributed by atoms with E-state index in [1.54, 1.807) is 37.5 Å². The molecule has 0 atom stereocenters. The first kappa shape index (κ1) is 15.2. The lowest BCUT2D eigenvalue weighted by atomic mass is 10.2. The van der Waals surface area contributed by atoms with Gasteiger partial charge in [0.25, 0.3) is 0 Å². The summed E-state index contributed by atoms with van der Waals surface area (Å²) in [5, 5.41) is 0.567. The molecule has 3 rings (SSSR count). The van der Waals surface area contributed by atoms with Gasteiger partial charge in [0.1, 0.15) is 17.3 Å². The van der Waals surface area contributed by atoms with Crippen molar-refractivity contribution in [1.82, 2.24) is 15.0 Å². The van der Waals surface area contributed by atoms with Crippen LogP contribution < -0.4 is 0 Å². The van der Waals surface area contributed by atoms with Crippen LogP contribution in [0, 0.1) is 12.7 Å². The minimum atomic E-state index is -0.466. The molecular formula is C16H12FN3O2S. The number of nitrogens with zero attached hydrogens (tertiary/aromatic N) is 3. The SMILES string of the molecule is Cc1nc(-c2ncccn2)sc1C(=O)OCc1ccc(F)cc1. The smallest absolute Gasteiger partial charge is 0.350 e. The van der Waals surface area contributed by atoms with Crippen LogP contribution >= 0.6 is 11.3 Å². The van der Waals surface area contributed by atoms with Crippen LogP contribution in [0.5, 0.6) is 0 Å². The molecule has 0 unspecified atom stereocenters. The average molecular weight is 329 g/mol. The molecule has 0 spiro atoms. The highest BCUT2D eigenvalue weighted by Gasteiger charge is 2.18. The molecule has 0 saturated carbocycles. The van der Waals surface area contributed by atoms with Gasteiger partial charge >= 0.3 is 5.97 Å². The van der Waals surface area contributed by atoms with Gasteiger partial charge in [0.2, 0.25) is 0 Å². The molecule has 0 aliphatic heterocycles. The zero-order valence-corrected chi connectivity index (χ0v) is 13.0. The summed E-state index contributed by atoms with van der Waals surface area (Å²) in [6, 6.07) is 7.51. The summed E-state index contributed by atoms with van der Waals surface area (Å²) in [4.78, 5) is 25.1. The number of rotatable bonds is 4. The van der Waals surface area contributed by atoms with Crippen LogP contribution in [0.15, 0.2) is 42.7 Å². The van der Waals surface area contributed by atoms with Crippen molar-refractivity contribution in [3.8, 4) is 10.8 Å². The zero-order chi connectivity index (χ0) is 16.2. The van der Waals surface area contributed by atoms with E-state index in [0.29, 0.717) is 27.0 Å². The van der Waals surface area contributed by atoms with Gasteiger partial charge < -0.3 is 4.74 Å². The van der Waals surface area contributed by atoms with Crippen molar-refractivity contribution in [3.63, 3.8) is 0 Å². The van der Waals surface area contributed by atoms with Crippen molar-refractivity contribution in [3.05, 3.63) is 64.7 Å². The van der Waals surface area contributed by atoms with E-state index in [0.717, 1.165) is 0 Å². The van der Waals surface area contributed by atoms with Gasteiger partial charge in [-0.2, -0.15) is 0 Å². The Hall–Kier alpha value is -2.67. The number of aryl methyl sites for hydroxylation is 1. The first-order valence-electron chi connectivity index (χ1n) is 6.80. The fraction of sp³-hybridized carbons (Fsp3) is 0.125. The summed E-state index contributed by atoms with van der Waals surface area (Å²) in [7, 11) is 0. The molecule has 0 aliphatic rings. The predicted molar refractivity (Wildman–Crippen MR) is 83.4 cm³/mol. The Bertz CT molecular complexity index is 819. The van der Waals surface area contributed by atoms with Crippen LogP contribution in [0.2, 0.25) is 0 Å². The number of carbonyl (C=O) groups excluding carboxylic acids is 1. The number of halogens is 1. The second-order valence-corrected chi connectivity index (χ2v) is 5.71. The van der Waals surface area contributed by atoms with Crippen molar-refractivity contribution in [1.29, 1.82) is 0 Å². The molecule has 23 heavy (non-hydrogen) atoms. The number of hydrogen-bond acceptors (Lipinski definition) is 6. The van der Waals surface area contributed by atoms with E-state index in [1.807, 2.05) is 0 Å². The third-order valence-electron chi connectivity index (χ3n) is 3.02. The predicted octanol–water partition coefficient (Wildman–Crippen LogP) is 3.40. The number of benzene rings is 1. The lowest BCUT2D eigenvalue weighted by molar-refractivity contribution is 0.0477. The van der Waals surface area contributed by atoms with Crippen molar-refractivity contribution in [2.75, 3.05) is 0 Å². The van der Waals surface area contributed by atoms with Crippen LogP contribution in [0.4, 0.5) is 4.39 Å². The van der Waals surface area contributed by atoms with E-state index < -0.39 is 5.97 Å². The third-order valence-corrected chi connectivity index (χ3v) is 4.16. The van der Waals surface area contributed by atoms with Gasteiger partial charge in [0, 0.05) is 12.4 Å². The highest BCUT2D eigenvalue weighted by molar-refractivity contribution is 7.16. The van der Waals surface area contributed by atoms with Crippen LogP contribution in [0.3, 0.4) is 0 Å². The van der Waals surface area contributed by atoms with Crippen LogP contribution in [0.1, 0.15) is 20.9 Å².